The van der Waals surface area contributed by atoms with Gasteiger partial charge in [0.15, 0.2) is 5.13 Å². The Morgan fingerprint density at radius 1 is 1.30 bits per heavy atom. The molecular formula is C19H16N4O3S. The maximum Gasteiger partial charge on any atom is 0.298 e. The first-order valence-corrected chi connectivity index (χ1v) is 9.04. The highest BCUT2D eigenvalue weighted by Crippen LogP contribution is 2.32. The predicted molar refractivity (Wildman–Crippen MR) is 102 cm³/mol. The number of anilines is 1. The molecule has 4 aromatic rings. The monoisotopic (exact) mass is 380 g/mol. The largest absolute Gasteiger partial charge is 0.497 e. The molecule has 0 radical (unpaired) electrons. The van der Waals surface area contributed by atoms with Crippen LogP contribution >= 0.6 is 11.3 Å². The Labute approximate surface area is 159 Å². The van der Waals surface area contributed by atoms with E-state index in [-0.39, 0.29) is 11.7 Å². The van der Waals surface area contributed by atoms with E-state index in [1.807, 2.05) is 30.3 Å². The summed E-state index contributed by atoms with van der Waals surface area (Å²) >= 11 is 1.43. The molecule has 0 N–H and O–H groups in total. The lowest BCUT2D eigenvalue weighted by Crippen LogP contribution is -2.30. The molecule has 0 saturated heterocycles. The van der Waals surface area contributed by atoms with Gasteiger partial charge in [-0.1, -0.05) is 22.6 Å². The van der Waals surface area contributed by atoms with E-state index in [4.69, 9.17) is 9.26 Å². The van der Waals surface area contributed by atoms with Crippen molar-refractivity contribution in [3.63, 3.8) is 0 Å². The third-order valence-corrected chi connectivity index (χ3v) is 5.02. The molecule has 0 unspecified atom stereocenters. The topological polar surface area (TPSA) is 81.4 Å². The number of aryl methyl sites for hydroxylation is 1. The Bertz CT molecular complexity index is 1090. The van der Waals surface area contributed by atoms with Gasteiger partial charge < -0.3 is 9.26 Å². The van der Waals surface area contributed by atoms with Crippen molar-refractivity contribution in [1.29, 1.82) is 0 Å². The highest BCUT2D eigenvalue weighted by Gasteiger charge is 2.25. The van der Waals surface area contributed by atoms with Crippen molar-refractivity contribution in [2.75, 3.05) is 12.0 Å². The van der Waals surface area contributed by atoms with Gasteiger partial charge in [0.1, 0.15) is 5.75 Å². The summed E-state index contributed by atoms with van der Waals surface area (Å²) in [7, 11) is 1.61. The molecule has 3 aromatic heterocycles. The van der Waals surface area contributed by atoms with Crippen LogP contribution in [0.2, 0.25) is 0 Å². The molecule has 8 heteroatoms. The summed E-state index contributed by atoms with van der Waals surface area (Å²) in [5, 5.41) is 4.39. The van der Waals surface area contributed by atoms with Gasteiger partial charge >= 0.3 is 0 Å². The predicted octanol–water partition coefficient (Wildman–Crippen LogP) is 3.84. The molecule has 1 amide bonds. The third-order valence-electron chi connectivity index (χ3n) is 3.96. The van der Waals surface area contributed by atoms with Crippen LogP contribution in [-0.2, 0) is 6.54 Å². The van der Waals surface area contributed by atoms with Crippen LogP contribution in [0.5, 0.6) is 5.75 Å². The van der Waals surface area contributed by atoms with Crippen molar-refractivity contribution in [2.24, 2.45) is 0 Å². The van der Waals surface area contributed by atoms with Crippen molar-refractivity contribution in [3.8, 4) is 5.75 Å². The van der Waals surface area contributed by atoms with Gasteiger partial charge in [0.05, 0.1) is 29.6 Å². The summed E-state index contributed by atoms with van der Waals surface area (Å²) in [6, 6.07) is 11.0. The first-order chi connectivity index (χ1) is 13.1. The molecule has 0 spiro atoms. The molecule has 1 aromatic carbocycles. The highest BCUT2D eigenvalue weighted by molar-refractivity contribution is 7.22. The number of methoxy groups -OCH3 is 1. The Morgan fingerprint density at radius 2 is 2.19 bits per heavy atom. The van der Waals surface area contributed by atoms with E-state index in [1.54, 1.807) is 37.4 Å². The first kappa shape index (κ1) is 17.2. The van der Waals surface area contributed by atoms with E-state index >= 15 is 0 Å². The molecule has 0 saturated carbocycles. The SMILES string of the molecule is COc1ccc2sc(N(Cc3cccnc3)C(=O)c3cc(C)no3)nc2c1. The number of hydrogen-bond acceptors (Lipinski definition) is 7. The number of amides is 1. The van der Waals surface area contributed by atoms with Gasteiger partial charge in [0, 0.05) is 24.5 Å². The second-order valence-corrected chi connectivity index (χ2v) is 6.92. The van der Waals surface area contributed by atoms with Crippen LogP contribution in [0.1, 0.15) is 21.8 Å². The molecule has 0 atom stereocenters. The number of carbonyl (C=O) groups excluding carboxylic acids is 1. The minimum absolute atomic E-state index is 0.174. The highest BCUT2D eigenvalue weighted by atomic mass is 32.1. The van der Waals surface area contributed by atoms with Gasteiger partial charge in [-0.3, -0.25) is 14.7 Å². The van der Waals surface area contributed by atoms with E-state index < -0.39 is 0 Å². The van der Waals surface area contributed by atoms with Gasteiger partial charge in [-0.15, -0.1) is 0 Å². The van der Waals surface area contributed by atoms with E-state index in [2.05, 4.69) is 15.1 Å². The minimum Gasteiger partial charge on any atom is -0.497 e. The maximum absolute atomic E-state index is 13.1. The Hall–Kier alpha value is -3.26. The molecule has 0 fully saturated rings. The molecule has 7 nitrogen and oxygen atoms in total. The second kappa shape index (κ2) is 7.16. The second-order valence-electron chi connectivity index (χ2n) is 5.92. The summed E-state index contributed by atoms with van der Waals surface area (Å²) in [5.41, 5.74) is 2.31. The molecule has 0 aliphatic rings. The van der Waals surface area contributed by atoms with Crippen molar-refractivity contribution in [2.45, 2.75) is 13.5 Å². The van der Waals surface area contributed by atoms with Crippen LogP contribution in [0, 0.1) is 6.92 Å². The van der Waals surface area contributed by atoms with Crippen molar-refractivity contribution >= 4 is 32.6 Å². The van der Waals surface area contributed by atoms with Crippen LogP contribution in [0.3, 0.4) is 0 Å². The average Bonchev–Trinajstić information content (AvgIpc) is 3.31. The standard InChI is InChI=1S/C19H16N4O3S/c1-12-8-16(26-22-12)18(24)23(11-13-4-3-7-20-10-13)19-21-15-9-14(25-2)5-6-17(15)27-19/h3-10H,11H2,1-2H3. The van der Waals surface area contributed by atoms with Crippen LogP contribution in [0.4, 0.5) is 5.13 Å². The van der Waals surface area contributed by atoms with Crippen LogP contribution in [0.25, 0.3) is 10.2 Å². The molecule has 0 bridgehead atoms. The molecule has 0 aliphatic heterocycles. The summed E-state index contributed by atoms with van der Waals surface area (Å²) in [4.78, 5) is 23.4. The lowest BCUT2D eigenvalue weighted by Gasteiger charge is -2.18. The van der Waals surface area contributed by atoms with Crippen molar-refractivity contribution < 1.29 is 14.1 Å². The summed E-state index contributed by atoms with van der Waals surface area (Å²) in [6.45, 7) is 2.10. The quantitative estimate of drug-likeness (QED) is 0.523. The van der Waals surface area contributed by atoms with E-state index in [0.29, 0.717) is 17.4 Å². The number of fused-ring (bicyclic) bond motifs is 1. The molecule has 0 aliphatic carbocycles. The lowest BCUT2D eigenvalue weighted by molar-refractivity contribution is 0.0949. The number of thiazole rings is 1. The van der Waals surface area contributed by atoms with Gasteiger partial charge in [0.25, 0.3) is 5.91 Å². The number of ether oxygens (including phenoxy) is 1. The summed E-state index contributed by atoms with van der Waals surface area (Å²) < 4.78 is 11.4. The van der Waals surface area contributed by atoms with Crippen LogP contribution < -0.4 is 9.64 Å². The van der Waals surface area contributed by atoms with Crippen LogP contribution in [0.15, 0.2) is 53.3 Å². The van der Waals surface area contributed by atoms with E-state index in [1.165, 1.54) is 11.3 Å². The number of carbonyl (C=O) groups is 1. The molecule has 3 heterocycles. The fraction of sp³-hybridized carbons (Fsp3) is 0.158. The van der Waals surface area contributed by atoms with Gasteiger partial charge in [0.2, 0.25) is 5.76 Å². The number of hydrogen-bond donors (Lipinski definition) is 0. The Kier molecular flexibility index (Phi) is 4.55. The molecular weight excluding hydrogens is 364 g/mol. The molecule has 27 heavy (non-hydrogen) atoms. The zero-order valence-corrected chi connectivity index (χ0v) is 15.6. The van der Waals surface area contributed by atoms with Crippen molar-refractivity contribution in [3.05, 3.63) is 65.8 Å². The average molecular weight is 380 g/mol. The number of pyridine rings is 1. The first-order valence-electron chi connectivity index (χ1n) is 8.23. The maximum atomic E-state index is 13.1. The van der Waals surface area contributed by atoms with Crippen LogP contribution in [-0.4, -0.2) is 28.1 Å². The summed E-state index contributed by atoms with van der Waals surface area (Å²) in [6.07, 6.45) is 3.42. The van der Waals surface area contributed by atoms with E-state index in [0.717, 1.165) is 21.5 Å². The van der Waals surface area contributed by atoms with Gasteiger partial charge in [-0.2, -0.15) is 0 Å². The Balaban J connectivity index is 1.75. The van der Waals surface area contributed by atoms with E-state index in [9.17, 15) is 4.79 Å². The normalized spacial score (nSPS) is 10.9. The zero-order chi connectivity index (χ0) is 18.8. The smallest absolute Gasteiger partial charge is 0.298 e. The fourth-order valence-corrected chi connectivity index (χ4v) is 3.58. The number of rotatable bonds is 5. The zero-order valence-electron chi connectivity index (χ0n) is 14.7. The number of aromatic nitrogens is 3. The van der Waals surface area contributed by atoms with Crippen molar-refractivity contribution in [1.82, 2.24) is 15.1 Å². The lowest BCUT2D eigenvalue weighted by atomic mass is 10.2. The minimum atomic E-state index is -0.300. The fourth-order valence-electron chi connectivity index (χ4n) is 2.64. The number of nitrogens with zero attached hydrogens (tertiary/aromatic N) is 4. The number of benzene rings is 1. The molecule has 136 valence electrons. The van der Waals surface area contributed by atoms with Gasteiger partial charge in [-0.25, -0.2) is 4.98 Å². The molecule has 4 rings (SSSR count). The Morgan fingerprint density at radius 3 is 2.89 bits per heavy atom. The summed E-state index contributed by atoms with van der Waals surface area (Å²) in [5.74, 6) is 0.592. The third kappa shape index (κ3) is 3.52. The van der Waals surface area contributed by atoms with Gasteiger partial charge in [-0.05, 0) is 30.7 Å².